The van der Waals surface area contributed by atoms with Crippen molar-refractivity contribution in [3.05, 3.63) is 83.2 Å². The molecule has 1 amide bonds. The number of amides is 1. The average Bonchev–Trinajstić information content (AvgIpc) is 2.94. The van der Waals surface area contributed by atoms with Gasteiger partial charge in [0.05, 0.1) is 34.5 Å². The third-order valence-electron chi connectivity index (χ3n) is 6.33. The van der Waals surface area contributed by atoms with Gasteiger partial charge in [0.1, 0.15) is 18.2 Å². The van der Waals surface area contributed by atoms with Gasteiger partial charge in [0.25, 0.3) is 0 Å². The fraction of sp³-hybridized carbons (Fsp3) is 0.276. The summed E-state index contributed by atoms with van der Waals surface area (Å²) in [5.74, 6) is 2.40. The standard InChI is InChI=1S/C29H30FNO6/c1-33-25-11-5-19(15-26(25)34-2)6-12-29(32)31-14-13-20-16-27(35-3)28(36-4)17-23(20)24(31)18-37-22-9-7-21(30)8-10-22/h5-12,15-17,24H,13-14,18H2,1-4H3/b12-6+. The van der Waals surface area contributed by atoms with E-state index in [1.165, 1.54) is 18.2 Å². The molecule has 0 bridgehead atoms. The van der Waals surface area contributed by atoms with Crippen LogP contribution in [-0.4, -0.2) is 52.4 Å². The number of halogens is 1. The predicted octanol–water partition coefficient (Wildman–Crippen LogP) is 5.08. The molecule has 1 aliphatic rings. The Bertz CT molecular complexity index is 1270. The van der Waals surface area contributed by atoms with Crippen LogP contribution in [0.25, 0.3) is 6.08 Å². The number of carbonyl (C=O) groups excluding carboxylic acids is 1. The molecular weight excluding hydrogens is 477 g/mol. The Morgan fingerprint density at radius 3 is 2.22 bits per heavy atom. The molecule has 1 atom stereocenters. The summed E-state index contributed by atoms with van der Waals surface area (Å²) in [4.78, 5) is 15.2. The van der Waals surface area contributed by atoms with Gasteiger partial charge >= 0.3 is 0 Å². The zero-order valence-corrected chi connectivity index (χ0v) is 21.3. The van der Waals surface area contributed by atoms with Crippen LogP contribution in [0.5, 0.6) is 28.7 Å². The molecule has 8 heteroatoms. The lowest BCUT2D eigenvalue weighted by atomic mass is 9.92. The van der Waals surface area contributed by atoms with Crippen molar-refractivity contribution in [1.82, 2.24) is 4.90 Å². The van der Waals surface area contributed by atoms with E-state index in [0.717, 1.165) is 16.7 Å². The van der Waals surface area contributed by atoms with Crippen molar-refractivity contribution in [2.45, 2.75) is 12.5 Å². The molecule has 37 heavy (non-hydrogen) atoms. The van der Waals surface area contributed by atoms with Crippen LogP contribution in [0.1, 0.15) is 22.7 Å². The zero-order valence-electron chi connectivity index (χ0n) is 21.3. The molecule has 0 saturated heterocycles. The van der Waals surface area contributed by atoms with Crippen LogP contribution in [0.3, 0.4) is 0 Å². The SMILES string of the molecule is COc1ccc(/C=C/C(=O)N2CCc3cc(OC)c(OC)cc3C2COc2ccc(F)cc2)cc1OC. The third kappa shape index (κ3) is 5.80. The van der Waals surface area contributed by atoms with Crippen LogP contribution in [0.2, 0.25) is 0 Å². The number of fused-ring (bicyclic) bond motifs is 1. The summed E-state index contributed by atoms with van der Waals surface area (Å²) < 4.78 is 41.0. The van der Waals surface area contributed by atoms with Crippen molar-refractivity contribution in [1.29, 1.82) is 0 Å². The van der Waals surface area contributed by atoms with Crippen LogP contribution < -0.4 is 23.7 Å². The second kappa shape index (κ2) is 11.7. The normalized spacial score (nSPS) is 14.7. The Morgan fingerprint density at radius 2 is 1.54 bits per heavy atom. The van der Waals surface area contributed by atoms with Gasteiger partial charge in [-0.2, -0.15) is 0 Å². The van der Waals surface area contributed by atoms with E-state index in [-0.39, 0.29) is 18.3 Å². The second-order valence-electron chi connectivity index (χ2n) is 8.42. The minimum atomic E-state index is -0.392. The molecule has 0 saturated carbocycles. The lowest BCUT2D eigenvalue weighted by molar-refractivity contribution is -0.129. The summed E-state index contributed by atoms with van der Waals surface area (Å²) in [5.41, 5.74) is 2.77. The molecule has 0 spiro atoms. The van der Waals surface area contributed by atoms with Crippen molar-refractivity contribution in [2.75, 3.05) is 41.6 Å². The topological polar surface area (TPSA) is 66.5 Å². The Morgan fingerprint density at radius 1 is 0.892 bits per heavy atom. The van der Waals surface area contributed by atoms with Gasteiger partial charge in [0, 0.05) is 12.6 Å². The number of hydrogen-bond donors (Lipinski definition) is 0. The number of carbonyl (C=O) groups is 1. The first-order chi connectivity index (χ1) is 18.0. The Balaban J connectivity index is 1.63. The number of hydrogen-bond acceptors (Lipinski definition) is 6. The van der Waals surface area contributed by atoms with Crippen LogP contribution in [0.15, 0.2) is 60.7 Å². The van der Waals surface area contributed by atoms with Gasteiger partial charge in [-0.15, -0.1) is 0 Å². The summed E-state index contributed by atoms with van der Waals surface area (Å²) in [7, 11) is 6.31. The lowest BCUT2D eigenvalue weighted by Crippen LogP contribution is -2.41. The summed E-state index contributed by atoms with van der Waals surface area (Å²) in [6, 6.07) is 14.7. The molecule has 0 aliphatic carbocycles. The molecule has 7 nitrogen and oxygen atoms in total. The minimum Gasteiger partial charge on any atom is -0.493 e. The predicted molar refractivity (Wildman–Crippen MR) is 138 cm³/mol. The van der Waals surface area contributed by atoms with Crippen LogP contribution in [-0.2, 0) is 11.2 Å². The molecule has 0 N–H and O–H groups in total. The Hall–Kier alpha value is -4.20. The smallest absolute Gasteiger partial charge is 0.247 e. The summed E-state index contributed by atoms with van der Waals surface area (Å²) >= 11 is 0. The van der Waals surface area contributed by atoms with Gasteiger partial charge in [0.2, 0.25) is 5.91 Å². The number of benzene rings is 3. The maximum absolute atomic E-state index is 13.4. The zero-order chi connectivity index (χ0) is 26.4. The highest BCUT2D eigenvalue weighted by atomic mass is 19.1. The van der Waals surface area contributed by atoms with Crippen molar-refractivity contribution < 1.29 is 32.9 Å². The van der Waals surface area contributed by atoms with E-state index in [9.17, 15) is 9.18 Å². The van der Waals surface area contributed by atoms with Gasteiger partial charge in [-0.05, 0) is 77.7 Å². The first-order valence-electron chi connectivity index (χ1n) is 11.8. The van der Waals surface area contributed by atoms with E-state index < -0.39 is 6.04 Å². The number of ether oxygens (including phenoxy) is 5. The van der Waals surface area contributed by atoms with E-state index in [4.69, 9.17) is 23.7 Å². The third-order valence-corrected chi connectivity index (χ3v) is 6.33. The monoisotopic (exact) mass is 507 g/mol. The highest BCUT2D eigenvalue weighted by molar-refractivity contribution is 5.92. The van der Waals surface area contributed by atoms with Gasteiger partial charge < -0.3 is 28.6 Å². The van der Waals surface area contributed by atoms with E-state index in [1.54, 1.807) is 63.7 Å². The Labute approximate surface area is 216 Å². The molecule has 0 aromatic heterocycles. The first kappa shape index (κ1) is 25.9. The molecule has 0 fully saturated rings. The number of methoxy groups -OCH3 is 4. The maximum atomic E-state index is 13.4. The molecule has 4 rings (SSSR count). The Kier molecular flexibility index (Phi) is 8.18. The van der Waals surface area contributed by atoms with Gasteiger partial charge in [-0.3, -0.25) is 4.79 Å². The minimum absolute atomic E-state index is 0.164. The van der Waals surface area contributed by atoms with Crippen molar-refractivity contribution in [3.8, 4) is 28.7 Å². The average molecular weight is 508 g/mol. The second-order valence-corrected chi connectivity index (χ2v) is 8.42. The molecule has 1 unspecified atom stereocenters. The lowest BCUT2D eigenvalue weighted by Gasteiger charge is -2.37. The van der Waals surface area contributed by atoms with E-state index >= 15 is 0 Å². The molecular formula is C29H30FNO6. The molecule has 1 heterocycles. The fourth-order valence-electron chi connectivity index (χ4n) is 4.40. The highest BCUT2D eigenvalue weighted by Crippen LogP contribution is 2.38. The highest BCUT2D eigenvalue weighted by Gasteiger charge is 2.32. The molecule has 1 aliphatic heterocycles. The summed E-state index contributed by atoms with van der Waals surface area (Å²) in [5, 5.41) is 0. The molecule has 3 aromatic rings. The van der Waals surface area contributed by atoms with E-state index in [1.807, 2.05) is 18.2 Å². The molecule has 3 aromatic carbocycles. The van der Waals surface area contributed by atoms with E-state index in [2.05, 4.69) is 0 Å². The molecule has 0 radical (unpaired) electrons. The van der Waals surface area contributed by atoms with Crippen molar-refractivity contribution in [2.24, 2.45) is 0 Å². The largest absolute Gasteiger partial charge is 0.493 e. The number of rotatable bonds is 9. The maximum Gasteiger partial charge on any atom is 0.247 e. The van der Waals surface area contributed by atoms with Crippen LogP contribution in [0, 0.1) is 5.82 Å². The molecule has 194 valence electrons. The van der Waals surface area contributed by atoms with Gasteiger partial charge in [0.15, 0.2) is 23.0 Å². The van der Waals surface area contributed by atoms with Crippen LogP contribution in [0.4, 0.5) is 4.39 Å². The van der Waals surface area contributed by atoms with Crippen LogP contribution >= 0.6 is 0 Å². The van der Waals surface area contributed by atoms with Crippen molar-refractivity contribution >= 4 is 12.0 Å². The van der Waals surface area contributed by atoms with Gasteiger partial charge in [-0.25, -0.2) is 4.39 Å². The summed E-state index contributed by atoms with van der Waals surface area (Å²) in [6.07, 6.45) is 3.93. The van der Waals surface area contributed by atoms with E-state index in [0.29, 0.717) is 41.7 Å². The van der Waals surface area contributed by atoms with Crippen molar-refractivity contribution in [3.63, 3.8) is 0 Å². The number of nitrogens with zero attached hydrogens (tertiary/aromatic N) is 1. The fourth-order valence-corrected chi connectivity index (χ4v) is 4.40. The quantitative estimate of drug-likeness (QED) is 0.377. The first-order valence-corrected chi connectivity index (χ1v) is 11.8. The van der Waals surface area contributed by atoms with Gasteiger partial charge in [-0.1, -0.05) is 6.07 Å². The summed E-state index contributed by atoms with van der Waals surface area (Å²) in [6.45, 7) is 0.680.